The Labute approximate surface area is 68.9 Å². The molecule has 0 radical (unpaired) electrons. The summed E-state index contributed by atoms with van der Waals surface area (Å²) in [6.45, 7) is 0. The molecule has 58 valence electrons. The first-order valence-electron chi connectivity index (χ1n) is 3.48. The van der Waals surface area contributed by atoms with Crippen molar-refractivity contribution in [3.63, 3.8) is 0 Å². The molecule has 0 saturated heterocycles. The molecule has 0 saturated carbocycles. The quantitative estimate of drug-likeness (QED) is 0.686. The van der Waals surface area contributed by atoms with E-state index in [-0.39, 0.29) is 5.56 Å². The Balaban J connectivity index is 2.82. The van der Waals surface area contributed by atoms with Crippen LogP contribution < -0.4 is 0 Å². The number of benzene rings is 1. The van der Waals surface area contributed by atoms with Gasteiger partial charge in [-0.05, 0) is 0 Å². The number of aromatic carboxylic acids is 1. The summed E-state index contributed by atoms with van der Waals surface area (Å²) in [6, 6.07) is 4.96. The Kier molecular flexibility index (Phi) is 1.47. The minimum absolute atomic E-state index is 0.279. The summed E-state index contributed by atoms with van der Waals surface area (Å²) in [7, 11) is 1.48. The summed E-state index contributed by atoms with van der Waals surface area (Å²) in [6.07, 6.45) is 0. The molecule has 1 aromatic heterocycles. The molecule has 0 aliphatic rings. The molecule has 2 aromatic rings. The number of hydrogen-bond acceptors (Lipinski definition) is 2. The molecule has 1 heterocycles. The second-order valence-corrected chi connectivity index (χ2v) is 2.44. The fraction of sp³-hybridized carbons (Fsp3) is 0. The van der Waals surface area contributed by atoms with Crippen molar-refractivity contribution in [3.8, 4) is 0 Å². The molecule has 0 fully saturated rings. The predicted molar refractivity (Wildman–Crippen MR) is 44.5 cm³/mol. The zero-order chi connectivity index (χ0) is 8.55. The molecule has 1 aromatic carbocycles. The topological polar surface area (TPSA) is 50.4 Å². The standard InChI is InChI=1S/C8H5BO3/c10-8(11)5-2-1-3-7-6(5)4-9-12-7/h1-4H,(H,10,11). The fourth-order valence-electron chi connectivity index (χ4n) is 1.18. The van der Waals surface area contributed by atoms with E-state index in [1.807, 2.05) is 0 Å². The Bertz CT molecular complexity index is 433. The van der Waals surface area contributed by atoms with Crippen molar-refractivity contribution >= 4 is 24.1 Å². The molecule has 0 amide bonds. The van der Waals surface area contributed by atoms with Crippen LogP contribution in [0.25, 0.3) is 11.0 Å². The van der Waals surface area contributed by atoms with Crippen LogP contribution in [-0.4, -0.2) is 18.2 Å². The van der Waals surface area contributed by atoms with Gasteiger partial charge < -0.3 is 0 Å². The van der Waals surface area contributed by atoms with Crippen LogP contribution in [0.1, 0.15) is 10.4 Å². The van der Waals surface area contributed by atoms with Crippen molar-refractivity contribution in [2.45, 2.75) is 0 Å². The summed E-state index contributed by atoms with van der Waals surface area (Å²) in [5.74, 6) is 0.723. The Morgan fingerprint density at radius 3 is 3.08 bits per heavy atom. The van der Waals surface area contributed by atoms with Crippen molar-refractivity contribution in [1.29, 1.82) is 0 Å². The second kappa shape index (κ2) is 2.48. The van der Waals surface area contributed by atoms with Gasteiger partial charge in [-0.1, -0.05) is 0 Å². The maximum atomic E-state index is 10.7. The third kappa shape index (κ3) is 0.924. The van der Waals surface area contributed by atoms with Crippen molar-refractivity contribution in [3.05, 3.63) is 29.7 Å². The van der Waals surface area contributed by atoms with E-state index in [0.717, 1.165) is 0 Å². The van der Waals surface area contributed by atoms with Gasteiger partial charge in [0, 0.05) is 0 Å². The normalized spacial score (nSPS) is 10.0. The summed E-state index contributed by atoms with van der Waals surface area (Å²) in [5, 5.41) is 9.40. The molecule has 0 aliphatic carbocycles. The Morgan fingerprint density at radius 1 is 1.50 bits per heavy atom. The minimum atomic E-state index is -0.929. The zero-order valence-corrected chi connectivity index (χ0v) is 6.15. The number of carbonyl (C=O) groups is 1. The molecule has 12 heavy (non-hydrogen) atoms. The zero-order valence-electron chi connectivity index (χ0n) is 6.15. The summed E-state index contributed by atoms with van der Waals surface area (Å²) in [4.78, 5) is 10.7. The first-order valence-corrected chi connectivity index (χ1v) is 3.48. The van der Waals surface area contributed by atoms with E-state index in [2.05, 4.69) is 0 Å². The summed E-state index contributed by atoms with van der Waals surface area (Å²) >= 11 is 0. The van der Waals surface area contributed by atoms with Gasteiger partial charge in [-0.2, -0.15) is 0 Å². The first kappa shape index (κ1) is 7.09. The van der Waals surface area contributed by atoms with Crippen LogP contribution >= 0.6 is 0 Å². The van der Waals surface area contributed by atoms with Gasteiger partial charge in [0.15, 0.2) is 0 Å². The molecule has 1 N–H and O–H groups in total. The fourth-order valence-corrected chi connectivity index (χ4v) is 1.18. The van der Waals surface area contributed by atoms with Crippen LogP contribution in [0, 0.1) is 0 Å². The van der Waals surface area contributed by atoms with E-state index < -0.39 is 5.97 Å². The van der Waals surface area contributed by atoms with E-state index in [9.17, 15) is 4.79 Å². The number of carboxylic acid groups (broad SMARTS) is 1. The van der Waals surface area contributed by atoms with E-state index in [1.54, 1.807) is 24.2 Å². The van der Waals surface area contributed by atoms with Gasteiger partial charge in [0.25, 0.3) is 0 Å². The van der Waals surface area contributed by atoms with Crippen LogP contribution in [0.15, 0.2) is 28.5 Å². The van der Waals surface area contributed by atoms with Gasteiger partial charge in [0.2, 0.25) is 0 Å². The van der Waals surface area contributed by atoms with Crippen molar-refractivity contribution in [2.75, 3.05) is 0 Å². The molecule has 3 nitrogen and oxygen atoms in total. The van der Waals surface area contributed by atoms with Crippen LogP contribution in [0.2, 0.25) is 0 Å². The molecule has 0 unspecified atom stereocenters. The SMILES string of the molecule is O=C(O)c1cccc2obcc12. The van der Waals surface area contributed by atoms with Crippen LogP contribution in [0.3, 0.4) is 0 Å². The molecular weight excluding hydrogens is 155 g/mol. The molecule has 2 rings (SSSR count). The van der Waals surface area contributed by atoms with Crippen LogP contribution in [-0.2, 0) is 0 Å². The summed E-state index contributed by atoms with van der Waals surface area (Å²) < 4.78 is 5.05. The average Bonchev–Trinajstić information content (AvgIpc) is 2.49. The van der Waals surface area contributed by atoms with Gasteiger partial charge in [-0.25, -0.2) is 0 Å². The van der Waals surface area contributed by atoms with Crippen molar-refractivity contribution in [2.24, 2.45) is 0 Å². The van der Waals surface area contributed by atoms with E-state index >= 15 is 0 Å². The molecule has 0 aliphatic heterocycles. The average molecular weight is 160 g/mol. The van der Waals surface area contributed by atoms with E-state index in [0.29, 0.717) is 11.0 Å². The van der Waals surface area contributed by atoms with Gasteiger partial charge in [0.1, 0.15) is 0 Å². The number of hydrogen-bond donors (Lipinski definition) is 1. The molecule has 0 spiro atoms. The Hall–Kier alpha value is -1.58. The van der Waals surface area contributed by atoms with Gasteiger partial charge >= 0.3 is 68.0 Å². The van der Waals surface area contributed by atoms with Crippen LogP contribution in [0.5, 0.6) is 0 Å². The Morgan fingerprint density at radius 2 is 2.33 bits per heavy atom. The molecular formula is C8H5BO3. The third-order valence-corrected chi connectivity index (χ3v) is 1.73. The number of fused-ring (bicyclic) bond motifs is 1. The summed E-state index contributed by atoms with van der Waals surface area (Å²) in [5.41, 5.74) is 0.885. The molecule has 0 bridgehead atoms. The van der Waals surface area contributed by atoms with E-state index in [1.165, 1.54) is 7.13 Å². The first-order chi connectivity index (χ1) is 5.79. The van der Waals surface area contributed by atoms with Gasteiger partial charge in [-0.15, -0.1) is 0 Å². The van der Waals surface area contributed by atoms with Crippen molar-refractivity contribution < 1.29 is 14.2 Å². The number of carboxylic acids is 1. The monoisotopic (exact) mass is 160 g/mol. The van der Waals surface area contributed by atoms with Gasteiger partial charge in [-0.3, -0.25) is 0 Å². The maximum absolute atomic E-state index is 10.7. The van der Waals surface area contributed by atoms with Crippen LogP contribution in [0.4, 0.5) is 0 Å². The predicted octanol–water partition coefficient (Wildman–Crippen LogP) is 1.47. The number of rotatable bonds is 1. The van der Waals surface area contributed by atoms with Gasteiger partial charge in [0.05, 0.1) is 0 Å². The molecule has 4 heteroatoms. The second-order valence-electron chi connectivity index (χ2n) is 2.44. The van der Waals surface area contributed by atoms with Crippen molar-refractivity contribution in [1.82, 2.24) is 0 Å². The molecule has 0 atom stereocenters. The third-order valence-electron chi connectivity index (χ3n) is 1.73. The van der Waals surface area contributed by atoms with E-state index in [4.69, 9.17) is 9.44 Å².